The monoisotopic (exact) mass is 484 g/mol. The van der Waals surface area contributed by atoms with E-state index in [-0.39, 0.29) is 28.4 Å². The van der Waals surface area contributed by atoms with Crippen LogP contribution in [0.25, 0.3) is 22.1 Å². The molecule has 0 aliphatic rings. The van der Waals surface area contributed by atoms with Gasteiger partial charge in [0.05, 0.1) is 5.75 Å². The number of thioether (sulfide) groups is 1. The summed E-state index contributed by atoms with van der Waals surface area (Å²) in [6.45, 7) is 4.44. The topological polar surface area (TPSA) is 106 Å². The number of aromatic amines is 1. The lowest BCUT2D eigenvalue weighted by Crippen LogP contribution is -2.26. The van der Waals surface area contributed by atoms with Crippen molar-refractivity contribution in [3.8, 4) is 0 Å². The molecule has 0 spiro atoms. The second-order valence-corrected chi connectivity index (χ2v) is 9.27. The molecule has 0 saturated heterocycles. The van der Waals surface area contributed by atoms with Crippen molar-refractivity contribution in [3.05, 3.63) is 88.1 Å². The predicted octanol–water partition coefficient (Wildman–Crippen LogP) is 4.26. The third kappa shape index (κ3) is 4.81. The van der Waals surface area contributed by atoms with Crippen LogP contribution >= 0.6 is 11.8 Å². The lowest BCUT2D eigenvalue weighted by Gasteiger charge is -2.12. The number of rotatable bonds is 7. The fraction of sp³-hybridized carbons (Fsp3) is 0.192. The first-order chi connectivity index (χ1) is 17.0. The summed E-state index contributed by atoms with van der Waals surface area (Å²) in [5.41, 5.74) is 5.40. The molecule has 0 saturated carbocycles. The third-order valence-electron chi connectivity index (χ3n) is 5.96. The van der Waals surface area contributed by atoms with E-state index in [2.05, 4.69) is 31.3 Å². The fourth-order valence-corrected chi connectivity index (χ4v) is 4.77. The van der Waals surface area contributed by atoms with Crippen LogP contribution in [0.15, 0.2) is 71.0 Å². The number of carbonyl (C=O) groups excluding carboxylic acids is 1. The van der Waals surface area contributed by atoms with Crippen LogP contribution in [0.4, 0.5) is 5.69 Å². The fourth-order valence-electron chi connectivity index (χ4n) is 3.95. The molecule has 2 N–H and O–H groups in total. The van der Waals surface area contributed by atoms with Gasteiger partial charge in [-0.25, -0.2) is 15.0 Å². The van der Waals surface area contributed by atoms with Gasteiger partial charge in [-0.15, -0.1) is 0 Å². The Labute approximate surface area is 205 Å². The Morgan fingerprint density at radius 1 is 1.09 bits per heavy atom. The maximum Gasteiger partial charge on any atom is 0.282 e. The van der Waals surface area contributed by atoms with Crippen LogP contribution in [0, 0.1) is 13.8 Å². The Balaban J connectivity index is 1.39. The van der Waals surface area contributed by atoms with Gasteiger partial charge in [-0.05, 0) is 55.2 Å². The molecule has 0 bridgehead atoms. The van der Waals surface area contributed by atoms with Crippen molar-refractivity contribution in [2.24, 2.45) is 0 Å². The van der Waals surface area contributed by atoms with Gasteiger partial charge < -0.3 is 10.3 Å². The molecule has 9 heteroatoms. The number of nitrogens with one attached hydrogen (secondary N) is 2. The molecule has 0 aliphatic heterocycles. The second kappa shape index (κ2) is 9.71. The standard InChI is InChI=1S/C26H24N6O2S/c1-16-7-8-19(13-17(16)2)30-22(33)15-35-26-31-24-23(27-10-11-28-24)25(34)32(26)12-9-18-14-29-21-6-4-3-5-20(18)21/h3-8,10-11,13-14,29H,9,12,15H2,1-2H3,(H,30,33). The van der Waals surface area contributed by atoms with Crippen LogP contribution < -0.4 is 10.9 Å². The summed E-state index contributed by atoms with van der Waals surface area (Å²) < 4.78 is 1.59. The highest BCUT2D eigenvalue weighted by Crippen LogP contribution is 2.21. The lowest BCUT2D eigenvalue weighted by molar-refractivity contribution is -0.113. The smallest absolute Gasteiger partial charge is 0.282 e. The molecule has 0 unspecified atom stereocenters. The molecule has 2 aromatic carbocycles. The number of aromatic nitrogens is 5. The van der Waals surface area contributed by atoms with E-state index in [1.807, 2.05) is 56.4 Å². The number of aryl methyl sites for hydroxylation is 3. The van der Waals surface area contributed by atoms with Crippen molar-refractivity contribution in [1.82, 2.24) is 24.5 Å². The van der Waals surface area contributed by atoms with Crippen molar-refractivity contribution >= 4 is 45.4 Å². The number of H-pyrrole nitrogens is 1. The Kier molecular flexibility index (Phi) is 6.33. The molecule has 3 aromatic heterocycles. The molecule has 0 radical (unpaired) electrons. The summed E-state index contributed by atoms with van der Waals surface area (Å²) in [7, 11) is 0. The maximum atomic E-state index is 13.3. The highest BCUT2D eigenvalue weighted by Gasteiger charge is 2.16. The van der Waals surface area contributed by atoms with Gasteiger partial charge in [0.25, 0.3) is 5.56 Å². The number of para-hydroxylation sites is 1. The summed E-state index contributed by atoms with van der Waals surface area (Å²) in [5, 5.41) is 4.48. The number of hydrogen-bond donors (Lipinski definition) is 2. The second-order valence-electron chi connectivity index (χ2n) is 8.33. The summed E-state index contributed by atoms with van der Waals surface area (Å²) in [6, 6.07) is 13.9. The van der Waals surface area contributed by atoms with E-state index in [4.69, 9.17) is 0 Å². The lowest BCUT2D eigenvalue weighted by atomic mass is 10.1. The zero-order chi connectivity index (χ0) is 24.4. The Bertz CT molecular complexity index is 1610. The van der Waals surface area contributed by atoms with Crippen LogP contribution in [0.3, 0.4) is 0 Å². The largest absolute Gasteiger partial charge is 0.361 e. The number of nitrogens with zero attached hydrogens (tertiary/aromatic N) is 4. The van der Waals surface area contributed by atoms with E-state index in [1.54, 1.807) is 4.57 Å². The average Bonchev–Trinajstić information content (AvgIpc) is 3.28. The van der Waals surface area contributed by atoms with E-state index in [0.717, 1.165) is 33.3 Å². The van der Waals surface area contributed by atoms with Crippen LogP contribution in [-0.2, 0) is 17.8 Å². The quantitative estimate of drug-likeness (QED) is 0.264. The zero-order valence-electron chi connectivity index (χ0n) is 19.4. The maximum absolute atomic E-state index is 13.3. The van der Waals surface area contributed by atoms with Gasteiger partial charge in [0.15, 0.2) is 16.3 Å². The number of benzene rings is 2. The van der Waals surface area contributed by atoms with Crippen molar-refractivity contribution in [3.63, 3.8) is 0 Å². The zero-order valence-corrected chi connectivity index (χ0v) is 20.2. The number of anilines is 1. The summed E-state index contributed by atoms with van der Waals surface area (Å²) in [5.74, 6) is -0.0620. The van der Waals surface area contributed by atoms with Crippen molar-refractivity contribution in [2.45, 2.75) is 32.0 Å². The van der Waals surface area contributed by atoms with Gasteiger partial charge in [-0.2, -0.15) is 0 Å². The van der Waals surface area contributed by atoms with Crippen LogP contribution in [0.2, 0.25) is 0 Å². The molecule has 0 atom stereocenters. The van der Waals surface area contributed by atoms with Gasteiger partial charge in [0.1, 0.15) is 0 Å². The van der Waals surface area contributed by atoms with E-state index in [0.29, 0.717) is 18.1 Å². The first-order valence-corrected chi connectivity index (χ1v) is 12.2. The highest BCUT2D eigenvalue weighted by molar-refractivity contribution is 7.99. The number of fused-ring (bicyclic) bond motifs is 2. The Hall–Kier alpha value is -3.98. The minimum Gasteiger partial charge on any atom is -0.361 e. The number of amides is 1. The normalized spacial score (nSPS) is 11.3. The molecule has 176 valence electrons. The highest BCUT2D eigenvalue weighted by atomic mass is 32.2. The summed E-state index contributed by atoms with van der Waals surface area (Å²) >= 11 is 1.22. The molecule has 35 heavy (non-hydrogen) atoms. The van der Waals surface area contributed by atoms with Crippen LogP contribution in [0.1, 0.15) is 16.7 Å². The van der Waals surface area contributed by atoms with Crippen LogP contribution in [-0.4, -0.2) is 36.2 Å². The number of carbonyl (C=O) groups is 1. The van der Waals surface area contributed by atoms with Crippen molar-refractivity contribution < 1.29 is 4.79 Å². The molecular weight excluding hydrogens is 460 g/mol. The Morgan fingerprint density at radius 2 is 1.91 bits per heavy atom. The van der Waals surface area contributed by atoms with Crippen LogP contribution in [0.5, 0.6) is 0 Å². The van der Waals surface area contributed by atoms with Gasteiger partial charge in [-0.3, -0.25) is 14.2 Å². The minimum atomic E-state index is -0.264. The van der Waals surface area contributed by atoms with Gasteiger partial charge >= 0.3 is 0 Å². The molecular formula is C26H24N6O2S. The van der Waals surface area contributed by atoms with Gasteiger partial charge in [0.2, 0.25) is 5.91 Å². The molecule has 8 nitrogen and oxygen atoms in total. The molecule has 0 fully saturated rings. The number of hydrogen-bond acceptors (Lipinski definition) is 6. The van der Waals surface area contributed by atoms with E-state index in [9.17, 15) is 9.59 Å². The molecule has 3 heterocycles. The van der Waals surface area contributed by atoms with Crippen molar-refractivity contribution in [2.75, 3.05) is 11.1 Å². The summed E-state index contributed by atoms with van der Waals surface area (Å²) in [6.07, 6.45) is 5.58. The molecule has 0 aliphatic carbocycles. The third-order valence-corrected chi connectivity index (χ3v) is 6.94. The van der Waals surface area contributed by atoms with E-state index < -0.39 is 0 Å². The molecule has 5 rings (SSSR count). The predicted molar refractivity (Wildman–Crippen MR) is 139 cm³/mol. The van der Waals surface area contributed by atoms with E-state index >= 15 is 0 Å². The molecule has 5 aromatic rings. The Morgan fingerprint density at radius 3 is 2.77 bits per heavy atom. The first-order valence-electron chi connectivity index (χ1n) is 11.3. The molecule has 1 amide bonds. The van der Waals surface area contributed by atoms with Gasteiger partial charge in [-0.1, -0.05) is 36.0 Å². The first kappa shape index (κ1) is 22.8. The summed E-state index contributed by atoms with van der Waals surface area (Å²) in [4.78, 5) is 42.2. The minimum absolute atomic E-state index is 0.109. The van der Waals surface area contributed by atoms with Crippen molar-refractivity contribution in [1.29, 1.82) is 0 Å². The van der Waals surface area contributed by atoms with Gasteiger partial charge in [0, 0.05) is 41.7 Å². The van der Waals surface area contributed by atoms with E-state index in [1.165, 1.54) is 24.2 Å². The average molecular weight is 485 g/mol. The SMILES string of the molecule is Cc1ccc(NC(=O)CSc2nc3nccnc3c(=O)n2CCc2c[nH]c3ccccc23)cc1C.